The summed E-state index contributed by atoms with van der Waals surface area (Å²) in [7, 11) is -8.07. The van der Waals surface area contributed by atoms with Crippen LogP contribution in [-0.2, 0) is 42.5 Å². The summed E-state index contributed by atoms with van der Waals surface area (Å²) in [6.45, 7) is 0.873. The molecule has 5 rings (SSSR count). The topological polar surface area (TPSA) is 113 Å². The highest BCUT2D eigenvalue weighted by Gasteiger charge is 2.40. The van der Waals surface area contributed by atoms with Gasteiger partial charge in [0.1, 0.15) is 11.9 Å². The van der Waals surface area contributed by atoms with E-state index in [1.807, 2.05) is 6.07 Å². The number of anilines is 1. The van der Waals surface area contributed by atoms with E-state index < -0.39 is 37.8 Å². The van der Waals surface area contributed by atoms with Gasteiger partial charge in [0.05, 0.1) is 33.7 Å². The lowest BCUT2D eigenvalue weighted by Crippen LogP contribution is -2.50. The van der Waals surface area contributed by atoms with E-state index in [2.05, 4.69) is 5.32 Å². The van der Waals surface area contributed by atoms with Gasteiger partial charge >= 0.3 is 0 Å². The number of amides is 1. The SMILES string of the molecule is O=C(Nc1cc(S(=O)(=O)N2CCOCC2)ccc1Cl)[C@@H]1Cc2ccccc2CN1S(=O)(=O)c1ccc(F)cc1. The second-order valence-electron chi connectivity index (χ2n) is 9.14. The third-order valence-corrected chi connectivity index (χ3v) is 10.8. The van der Waals surface area contributed by atoms with Crippen molar-refractivity contribution in [2.75, 3.05) is 31.6 Å². The molecule has 206 valence electrons. The molecule has 2 heterocycles. The second-order valence-corrected chi connectivity index (χ2v) is 13.4. The van der Waals surface area contributed by atoms with E-state index in [-0.39, 0.29) is 59.8 Å². The number of nitrogens with zero attached hydrogens (tertiary/aromatic N) is 2. The Balaban J connectivity index is 1.47. The van der Waals surface area contributed by atoms with Crippen molar-refractivity contribution in [3.63, 3.8) is 0 Å². The maximum atomic E-state index is 13.6. The van der Waals surface area contributed by atoms with Crippen molar-refractivity contribution in [2.45, 2.75) is 28.8 Å². The van der Waals surface area contributed by atoms with Gasteiger partial charge in [0.15, 0.2) is 0 Å². The predicted molar refractivity (Wildman–Crippen MR) is 143 cm³/mol. The molecule has 39 heavy (non-hydrogen) atoms. The summed E-state index contributed by atoms with van der Waals surface area (Å²) >= 11 is 6.32. The van der Waals surface area contributed by atoms with E-state index in [1.165, 1.54) is 22.5 Å². The number of hydrogen-bond acceptors (Lipinski definition) is 6. The Hall–Kier alpha value is -2.87. The summed E-state index contributed by atoms with van der Waals surface area (Å²) < 4.78 is 74.6. The van der Waals surface area contributed by atoms with Crippen LogP contribution < -0.4 is 5.32 Å². The van der Waals surface area contributed by atoms with Gasteiger partial charge < -0.3 is 10.1 Å². The highest BCUT2D eigenvalue weighted by atomic mass is 35.5. The van der Waals surface area contributed by atoms with Gasteiger partial charge in [0, 0.05) is 19.6 Å². The maximum absolute atomic E-state index is 13.6. The smallest absolute Gasteiger partial charge is 0.244 e. The molecule has 2 aliphatic rings. The van der Waals surface area contributed by atoms with E-state index in [9.17, 15) is 26.0 Å². The van der Waals surface area contributed by atoms with Crippen LogP contribution in [0.2, 0.25) is 5.02 Å². The average molecular weight is 594 g/mol. The van der Waals surface area contributed by atoms with Crippen molar-refractivity contribution in [2.24, 2.45) is 0 Å². The Kier molecular flexibility index (Phi) is 7.77. The second kappa shape index (κ2) is 11.0. The Bertz CT molecular complexity index is 1610. The molecule has 3 aromatic rings. The molecule has 0 bridgehead atoms. The first-order valence-corrected chi connectivity index (χ1v) is 15.4. The number of rotatable bonds is 6. The summed E-state index contributed by atoms with van der Waals surface area (Å²) in [6, 6.07) is 14.4. The fourth-order valence-corrected chi connectivity index (χ4v) is 7.79. The summed E-state index contributed by atoms with van der Waals surface area (Å²) in [5.74, 6) is -1.27. The van der Waals surface area contributed by atoms with Gasteiger partial charge in [-0.15, -0.1) is 0 Å². The van der Waals surface area contributed by atoms with E-state index in [0.717, 1.165) is 39.7 Å². The van der Waals surface area contributed by atoms with Crippen molar-refractivity contribution in [1.82, 2.24) is 8.61 Å². The zero-order valence-corrected chi connectivity index (χ0v) is 23.0. The number of fused-ring (bicyclic) bond motifs is 1. The van der Waals surface area contributed by atoms with Gasteiger partial charge in [-0.05, 0) is 60.0 Å². The molecule has 1 saturated heterocycles. The van der Waals surface area contributed by atoms with Crippen molar-refractivity contribution in [1.29, 1.82) is 0 Å². The molecule has 2 aliphatic heterocycles. The number of carbonyl (C=O) groups excluding carboxylic acids is 1. The first-order valence-electron chi connectivity index (χ1n) is 12.1. The first-order chi connectivity index (χ1) is 18.6. The van der Waals surface area contributed by atoms with Crippen LogP contribution in [-0.4, -0.2) is 63.7 Å². The lowest BCUT2D eigenvalue weighted by Gasteiger charge is -2.35. The molecule has 0 radical (unpaired) electrons. The minimum absolute atomic E-state index is 0.0361. The zero-order valence-electron chi connectivity index (χ0n) is 20.6. The number of hydrogen-bond donors (Lipinski definition) is 1. The summed E-state index contributed by atoms with van der Waals surface area (Å²) in [6.07, 6.45) is 0.0752. The third-order valence-electron chi connectivity index (χ3n) is 6.73. The van der Waals surface area contributed by atoms with Crippen molar-refractivity contribution in [3.05, 3.63) is 88.7 Å². The monoisotopic (exact) mass is 593 g/mol. The van der Waals surface area contributed by atoms with Gasteiger partial charge in [0.2, 0.25) is 26.0 Å². The van der Waals surface area contributed by atoms with Crippen molar-refractivity contribution >= 4 is 43.2 Å². The van der Waals surface area contributed by atoms with E-state index in [4.69, 9.17) is 16.3 Å². The van der Waals surface area contributed by atoms with Crippen LogP contribution in [0.25, 0.3) is 0 Å². The molecular formula is C26H25ClFN3O6S2. The minimum atomic E-state index is -4.21. The van der Waals surface area contributed by atoms with Crippen LogP contribution in [0.15, 0.2) is 76.5 Å². The first kappa shape index (κ1) is 27.7. The van der Waals surface area contributed by atoms with Crippen molar-refractivity contribution in [3.8, 4) is 0 Å². The van der Waals surface area contributed by atoms with Crippen LogP contribution in [0.5, 0.6) is 0 Å². The van der Waals surface area contributed by atoms with Gasteiger partial charge in [-0.25, -0.2) is 21.2 Å². The van der Waals surface area contributed by atoms with E-state index in [1.54, 1.807) is 18.2 Å². The van der Waals surface area contributed by atoms with Crippen molar-refractivity contribution < 1.29 is 30.8 Å². The predicted octanol–water partition coefficient (Wildman–Crippen LogP) is 3.25. The normalized spacial score (nSPS) is 18.9. The summed E-state index contributed by atoms with van der Waals surface area (Å²) in [5.41, 5.74) is 1.58. The fraction of sp³-hybridized carbons (Fsp3) is 0.269. The molecule has 0 aromatic heterocycles. The molecule has 0 saturated carbocycles. The molecule has 13 heteroatoms. The molecule has 0 aliphatic carbocycles. The molecular weight excluding hydrogens is 569 g/mol. The lowest BCUT2D eigenvalue weighted by atomic mass is 9.95. The van der Waals surface area contributed by atoms with Gasteiger partial charge in [-0.3, -0.25) is 4.79 Å². The number of halogens is 2. The Morgan fingerprint density at radius 2 is 1.54 bits per heavy atom. The number of morpholine rings is 1. The molecule has 3 aromatic carbocycles. The number of sulfonamides is 2. The molecule has 1 N–H and O–H groups in total. The lowest BCUT2D eigenvalue weighted by molar-refractivity contribution is -0.120. The molecule has 1 amide bonds. The molecule has 1 atom stereocenters. The van der Waals surface area contributed by atoms with Crippen LogP contribution in [0.4, 0.5) is 10.1 Å². The highest BCUT2D eigenvalue weighted by Crippen LogP contribution is 2.32. The van der Waals surface area contributed by atoms with Gasteiger partial charge in [0.25, 0.3) is 0 Å². The van der Waals surface area contributed by atoms with Crippen LogP contribution >= 0.6 is 11.6 Å². The average Bonchev–Trinajstić information content (AvgIpc) is 2.94. The molecule has 0 unspecified atom stereocenters. The Morgan fingerprint density at radius 1 is 0.897 bits per heavy atom. The van der Waals surface area contributed by atoms with Crippen LogP contribution in [0.1, 0.15) is 11.1 Å². The number of ether oxygens (including phenoxy) is 1. The van der Waals surface area contributed by atoms with E-state index in [0.29, 0.717) is 0 Å². The third kappa shape index (κ3) is 5.58. The maximum Gasteiger partial charge on any atom is 0.244 e. The molecule has 9 nitrogen and oxygen atoms in total. The summed E-state index contributed by atoms with van der Waals surface area (Å²) in [5, 5.41) is 2.74. The van der Waals surface area contributed by atoms with Crippen LogP contribution in [0, 0.1) is 5.82 Å². The zero-order chi connectivity index (χ0) is 27.8. The number of nitrogens with one attached hydrogen (secondary N) is 1. The standard InChI is InChI=1S/C26H25ClFN3O6S2/c27-23-10-9-22(38(33,34)30-11-13-37-14-12-30)16-24(23)29-26(32)25-15-18-3-1-2-4-19(18)17-31(25)39(35,36)21-7-5-20(28)6-8-21/h1-10,16,25H,11-15,17H2,(H,29,32)/t25-/m0/s1. The summed E-state index contributed by atoms with van der Waals surface area (Å²) in [4.78, 5) is 13.4. The Morgan fingerprint density at radius 3 is 2.23 bits per heavy atom. The molecule has 0 spiro atoms. The van der Waals surface area contributed by atoms with Gasteiger partial charge in [-0.1, -0.05) is 35.9 Å². The number of carbonyl (C=O) groups is 1. The fourth-order valence-electron chi connectivity index (χ4n) is 4.63. The quantitative estimate of drug-likeness (QED) is 0.469. The van der Waals surface area contributed by atoms with E-state index >= 15 is 0 Å². The Labute approximate surface area is 231 Å². The largest absolute Gasteiger partial charge is 0.379 e. The number of benzene rings is 3. The minimum Gasteiger partial charge on any atom is -0.379 e. The van der Waals surface area contributed by atoms with Gasteiger partial charge in [-0.2, -0.15) is 8.61 Å². The molecule has 1 fully saturated rings. The van der Waals surface area contributed by atoms with Crippen LogP contribution in [0.3, 0.4) is 0 Å². The highest BCUT2D eigenvalue weighted by molar-refractivity contribution is 7.89.